The fraction of sp³-hybridized carbons (Fsp3) is 0.500. The molecule has 2 fully saturated rings. The Balaban J connectivity index is 1.59. The monoisotopic (exact) mass is 561 g/mol. The number of ether oxygens (including phenoxy) is 1. The molecule has 0 amide bonds. The van der Waals surface area contributed by atoms with Gasteiger partial charge >= 0.3 is 13.7 Å². The van der Waals surface area contributed by atoms with Crippen LogP contribution in [-0.4, -0.2) is 18.1 Å². The number of halogens is 5. The van der Waals surface area contributed by atoms with E-state index in [2.05, 4.69) is 5.09 Å². The maximum Gasteiger partial charge on any atom is 0.513 e. The molecule has 0 bridgehead atoms. The SMILES string of the molecule is C[C@H](NP(=O)(Oc1ccccc1CCCCC1CC1)Oc1c(F)c(F)c(F)c(F)c1F)C(=O)OC1CCC1. The van der Waals surface area contributed by atoms with Gasteiger partial charge in [-0.25, -0.2) is 17.7 Å². The number of benzene rings is 2. The van der Waals surface area contributed by atoms with Crippen molar-refractivity contribution in [3.8, 4) is 11.5 Å². The second-order valence-corrected chi connectivity index (χ2v) is 11.3. The van der Waals surface area contributed by atoms with Gasteiger partial charge in [-0.15, -0.1) is 0 Å². The molecule has 38 heavy (non-hydrogen) atoms. The van der Waals surface area contributed by atoms with Crippen LogP contribution >= 0.6 is 7.75 Å². The lowest BCUT2D eigenvalue weighted by atomic mass is 9.96. The third-order valence-electron chi connectivity index (χ3n) is 6.62. The van der Waals surface area contributed by atoms with Gasteiger partial charge in [-0.1, -0.05) is 43.9 Å². The number of para-hydroxylation sites is 1. The fourth-order valence-electron chi connectivity index (χ4n) is 3.99. The summed E-state index contributed by atoms with van der Waals surface area (Å²) >= 11 is 0. The number of aryl methyl sites for hydroxylation is 1. The molecule has 0 aliphatic heterocycles. The minimum Gasteiger partial charge on any atom is -0.461 e. The number of hydrogen-bond donors (Lipinski definition) is 1. The standard InChI is InChI=1S/C26H29F5NO5P/c1-15(26(33)35-18-10-6-11-18)32-38(34,37-25-23(30)21(28)20(27)22(29)24(25)31)36-19-12-5-4-9-17(19)8-3-2-7-16-13-14-16/h4-5,9,12,15-16,18H,2-3,6-8,10-11,13-14H2,1H3,(H,32,34)/t15-,38?/m0/s1. The second kappa shape index (κ2) is 12.0. The number of unbranched alkanes of at least 4 members (excludes halogenated alkanes) is 1. The van der Waals surface area contributed by atoms with Gasteiger partial charge in [0, 0.05) is 0 Å². The van der Waals surface area contributed by atoms with Crippen LogP contribution in [0.15, 0.2) is 24.3 Å². The van der Waals surface area contributed by atoms with E-state index >= 15 is 0 Å². The van der Waals surface area contributed by atoms with Crippen LogP contribution in [-0.2, 0) is 20.5 Å². The summed E-state index contributed by atoms with van der Waals surface area (Å²) in [6.45, 7) is 1.25. The zero-order valence-electron chi connectivity index (χ0n) is 20.8. The van der Waals surface area contributed by atoms with E-state index in [1.165, 1.54) is 25.8 Å². The van der Waals surface area contributed by atoms with Crippen molar-refractivity contribution in [1.29, 1.82) is 0 Å². The Morgan fingerprint density at radius 3 is 2.18 bits per heavy atom. The summed E-state index contributed by atoms with van der Waals surface area (Å²) in [5, 5.41) is 2.23. The minimum absolute atomic E-state index is 0.0122. The lowest BCUT2D eigenvalue weighted by molar-refractivity contribution is -0.154. The first-order valence-corrected chi connectivity index (χ1v) is 14.2. The Morgan fingerprint density at radius 1 is 0.947 bits per heavy atom. The molecule has 2 atom stereocenters. The number of rotatable bonds is 13. The summed E-state index contributed by atoms with van der Waals surface area (Å²) in [6, 6.07) is 5.03. The predicted octanol–water partition coefficient (Wildman–Crippen LogP) is 7.14. The summed E-state index contributed by atoms with van der Waals surface area (Å²) in [6.07, 6.45) is 7.68. The molecule has 2 aromatic carbocycles. The van der Waals surface area contributed by atoms with Gasteiger partial charge < -0.3 is 13.8 Å². The first-order valence-electron chi connectivity index (χ1n) is 12.6. The van der Waals surface area contributed by atoms with Crippen LogP contribution < -0.4 is 14.1 Å². The van der Waals surface area contributed by atoms with Crippen LogP contribution in [0.1, 0.15) is 63.9 Å². The molecule has 208 valence electrons. The van der Waals surface area contributed by atoms with E-state index in [4.69, 9.17) is 13.8 Å². The lowest BCUT2D eigenvalue weighted by Gasteiger charge is -2.28. The molecule has 0 heterocycles. The highest BCUT2D eigenvalue weighted by Crippen LogP contribution is 2.48. The van der Waals surface area contributed by atoms with Gasteiger partial charge in [0.15, 0.2) is 0 Å². The molecule has 6 nitrogen and oxygen atoms in total. The average Bonchev–Trinajstić information content (AvgIpc) is 3.69. The van der Waals surface area contributed by atoms with Gasteiger partial charge in [-0.2, -0.15) is 13.9 Å². The number of carbonyl (C=O) groups excluding carboxylic acids is 1. The molecular formula is C26H29F5NO5P. The Kier molecular flexibility index (Phi) is 8.98. The minimum atomic E-state index is -4.97. The van der Waals surface area contributed by atoms with Crippen molar-refractivity contribution < 1.29 is 45.1 Å². The van der Waals surface area contributed by atoms with E-state index in [9.17, 15) is 31.3 Å². The van der Waals surface area contributed by atoms with Crippen molar-refractivity contribution >= 4 is 13.7 Å². The van der Waals surface area contributed by atoms with E-state index in [-0.39, 0.29) is 11.9 Å². The first-order chi connectivity index (χ1) is 18.1. The van der Waals surface area contributed by atoms with Crippen LogP contribution in [0.2, 0.25) is 0 Å². The third-order valence-corrected chi connectivity index (χ3v) is 8.18. The zero-order valence-corrected chi connectivity index (χ0v) is 21.7. The number of carbonyl (C=O) groups is 1. The highest BCUT2D eigenvalue weighted by atomic mass is 31.2. The number of esters is 1. The second-order valence-electron chi connectivity index (χ2n) is 9.72. The lowest BCUT2D eigenvalue weighted by Crippen LogP contribution is -2.39. The zero-order chi connectivity index (χ0) is 27.4. The quantitative estimate of drug-likeness (QED) is 0.0700. The van der Waals surface area contributed by atoms with Crippen LogP contribution in [0.4, 0.5) is 22.0 Å². The molecule has 0 radical (unpaired) electrons. The Bertz CT molecular complexity index is 1190. The maximum atomic E-state index is 14.4. The molecule has 1 unspecified atom stereocenters. The highest BCUT2D eigenvalue weighted by Gasteiger charge is 2.39. The molecule has 0 saturated heterocycles. The summed E-state index contributed by atoms with van der Waals surface area (Å²) < 4.78 is 99.5. The van der Waals surface area contributed by atoms with Gasteiger partial charge in [0.05, 0.1) is 0 Å². The predicted molar refractivity (Wildman–Crippen MR) is 128 cm³/mol. The Hall–Kier alpha value is -2.65. The summed E-state index contributed by atoms with van der Waals surface area (Å²) in [5.74, 6) is -13.5. The molecule has 0 spiro atoms. The largest absolute Gasteiger partial charge is 0.513 e. The topological polar surface area (TPSA) is 73.9 Å². The van der Waals surface area contributed by atoms with Gasteiger partial charge in [0.25, 0.3) is 0 Å². The molecular weight excluding hydrogens is 532 g/mol. The summed E-state index contributed by atoms with van der Waals surface area (Å²) in [5.41, 5.74) is 0.594. The molecule has 2 aromatic rings. The normalized spacial score (nSPS) is 17.8. The molecule has 4 rings (SSSR count). The third kappa shape index (κ3) is 6.86. The van der Waals surface area contributed by atoms with Crippen molar-refractivity contribution in [2.24, 2.45) is 5.92 Å². The number of hydrogen-bond acceptors (Lipinski definition) is 5. The molecule has 2 aliphatic carbocycles. The Morgan fingerprint density at radius 2 is 1.58 bits per heavy atom. The average molecular weight is 561 g/mol. The van der Waals surface area contributed by atoms with E-state index in [1.807, 2.05) is 0 Å². The van der Waals surface area contributed by atoms with Crippen LogP contribution in [0, 0.1) is 35.0 Å². The molecule has 12 heteroatoms. The van der Waals surface area contributed by atoms with Crippen molar-refractivity contribution in [3.05, 3.63) is 58.9 Å². The van der Waals surface area contributed by atoms with E-state index < -0.39 is 54.6 Å². The van der Waals surface area contributed by atoms with Gasteiger partial charge in [-0.3, -0.25) is 4.79 Å². The van der Waals surface area contributed by atoms with Crippen LogP contribution in [0.25, 0.3) is 0 Å². The maximum absolute atomic E-state index is 14.4. The first kappa shape index (κ1) is 28.4. The molecule has 2 aliphatic rings. The highest BCUT2D eigenvalue weighted by molar-refractivity contribution is 7.52. The Labute approximate surface area is 217 Å². The van der Waals surface area contributed by atoms with Gasteiger partial charge in [0.2, 0.25) is 34.8 Å². The number of nitrogens with one attached hydrogen (secondary N) is 1. The van der Waals surface area contributed by atoms with Gasteiger partial charge in [0.1, 0.15) is 17.9 Å². The molecule has 1 N–H and O–H groups in total. The fourth-order valence-corrected chi connectivity index (χ4v) is 5.55. The smallest absolute Gasteiger partial charge is 0.461 e. The summed E-state index contributed by atoms with van der Waals surface area (Å²) in [4.78, 5) is 12.5. The van der Waals surface area contributed by atoms with Gasteiger partial charge in [-0.05, 0) is 56.6 Å². The van der Waals surface area contributed by atoms with Crippen molar-refractivity contribution in [2.75, 3.05) is 0 Å². The molecule has 0 aromatic heterocycles. The van der Waals surface area contributed by atoms with E-state index in [0.29, 0.717) is 24.8 Å². The van der Waals surface area contributed by atoms with Crippen molar-refractivity contribution in [1.82, 2.24) is 5.09 Å². The van der Waals surface area contributed by atoms with Crippen LogP contribution in [0.3, 0.4) is 0 Å². The summed E-state index contributed by atoms with van der Waals surface area (Å²) in [7, 11) is -4.97. The molecule has 2 saturated carbocycles. The van der Waals surface area contributed by atoms with E-state index in [1.54, 1.807) is 18.2 Å². The van der Waals surface area contributed by atoms with Crippen LogP contribution in [0.5, 0.6) is 11.5 Å². The van der Waals surface area contributed by atoms with Crippen molar-refractivity contribution in [2.45, 2.75) is 76.9 Å². The van der Waals surface area contributed by atoms with Crippen molar-refractivity contribution in [3.63, 3.8) is 0 Å². The van der Waals surface area contributed by atoms with E-state index in [0.717, 1.165) is 31.6 Å².